The fourth-order valence-corrected chi connectivity index (χ4v) is 4.01. The molecule has 1 aromatic carbocycles. The van der Waals surface area contributed by atoms with Gasteiger partial charge in [0.2, 0.25) is 5.91 Å². The molecule has 0 spiro atoms. The lowest BCUT2D eigenvalue weighted by Crippen LogP contribution is -2.50. The van der Waals surface area contributed by atoms with Crippen molar-refractivity contribution in [2.75, 3.05) is 7.05 Å². The summed E-state index contributed by atoms with van der Waals surface area (Å²) in [6.07, 6.45) is 3.37. The molecule has 19 heavy (non-hydrogen) atoms. The number of nitrogens with two attached hydrogens (primary N) is 1. The summed E-state index contributed by atoms with van der Waals surface area (Å²) in [6.45, 7) is 2.09. The lowest BCUT2D eigenvalue weighted by atomic mass is 9.75. The SMILES string of the molecule is Cc1ccc([C@H]2C[C@H]3CCC(C2C(N)=O)N3C)cc1. The van der Waals surface area contributed by atoms with Crippen molar-refractivity contribution in [3.05, 3.63) is 35.4 Å². The van der Waals surface area contributed by atoms with E-state index in [4.69, 9.17) is 5.73 Å². The Hall–Kier alpha value is -1.35. The van der Waals surface area contributed by atoms with Crippen LogP contribution in [0.2, 0.25) is 0 Å². The van der Waals surface area contributed by atoms with E-state index in [1.165, 1.54) is 17.5 Å². The predicted octanol–water partition coefficient (Wildman–Crippen LogP) is 2.05. The molecule has 3 nitrogen and oxygen atoms in total. The Morgan fingerprint density at radius 1 is 1.26 bits per heavy atom. The summed E-state index contributed by atoms with van der Waals surface area (Å²) in [5.41, 5.74) is 8.24. The summed E-state index contributed by atoms with van der Waals surface area (Å²) >= 11 is 0. The van der Waals surface area contributed by atoms with Gasteiger partial charge in [0.1, 0.15) is 0 Å². The quantitative estimate of drug-likeness (QED) is 0.882. The Kier molecular flexibility index (Phi) is 3.09. The maximum absolute atomic E-state index is 11.9. The van der Waals surface area contributed by atoms with Crippen molar-refractivity contribution in [1.29, 1.82) is 0 Å². The highest BCUT2D eigenvalue weighted by Crippen LogP contribution is 2.45. The van der Waals surface area contributed by atoms with Crippen LogP contribution in [-0.4, -0.2) is 29.9 Å². The van der Waals surface area contributed by atoms with Gasteiger partial charge in [-0.15, -0.1) is 0 Å². The lowest BCUT2D eigenvalue weighted by molar-refractivity contribution is -0.126. The van der Waals surface area contributed by atoms with E-state index in [1.54, 1.807) is 0 Å². The molecule has 2 bridgehead atoms. The van der Waals surface area contributed by atoms with Crippen molar-refractivity contribution in [2.24, 2.45) is 11.7 Å². The third-order valence-electron chi connectivity index (χ3n) is 5.10. The highest BCUT2D eigenvalue weighted by atomic mass is 16.1. The number of carbonyl (C=O) groups excluding carboxylic acids is 1. The van der Waals surface area contributed by atoms with E-state index in [1.807, 2.05) is 0 Å². The van der Waals surface area contributed by atoms with Gasteiger partial charge in [-0.25, -0.2) is 0 Å². The van der Waals surface area contributed by atoms with Crippen molar-refractivity contribution >= 4 is 5.91 Å². The van der Waals surface area contributed by atoms with Gasteiger partial charge in [-0.1, -0.05) is 29.8 Å². The second-order valence-corrected chi connectivity index (χ2v) is 6.15. The highest BCUT2D eigenvalue weighted by Gasteiger charge is 2.48. The number of primary amides is 1. The van der Waals surface area contributed by atoms with Gasteiger partial charge >= 0.3 is 0 Å². The zero-order chi connectivity index (χ0) is 13.6. The Balaban J connectivity index is 1.95. The summed E-state index contributed by atoms with van der Waals surface area (Å²) in [7, 11) is 2.14. The van der Waals surface area contributed by atoms with Crippen molar-refractivity contribution in [3.63, 3.8) is 0 Å². The first-order valence-electron chi connectivity index (χ1n) is 7.15. The van der Waals surface area contributed by atoms with E-state index in [2.05, 4.69) is 43.1 Å². The predicted molar refractivity (Wildman–Crippen MR) is 75.8 cm³/mol. The van der Waals surface area contributed by atoms with E-state index in [9.17, 15) is 4.79 Å². The molecule has 2 N–H and O–H groups in total. The van der Waals surface area contributed by atoms with Crippen molar-refractivity contribution in [2.45, 2.75) is 44.2 Å². The van der Waals surface area contributed by atoms with Crippen LogP contribution in [0, 0.1) is 12.8 Å². The molecule has 0 radical (unpaired) electrons. The number of rotatable bonds is 2. The molecule has 3 rings (SSSR count). The zero-order valence-electron chi connectivity index (χ0n) is 11.7. The molecule has 2 fully saturated rings. The molecule has 1 aromatic rings. The monoisotopic (exact) mass is 258 g/mol. The molecule has 4 atom stereocenters. The molecule has 2 aliphatic heterocycles. The molecule has 102 valence electrons. The number of hydrogen-bond donors (Lipinski definition) is 1. The molecule has 0 aliphatic carbocycles. The molecular weight excluding hydrogens is 236 g/mol. The van der Waals surface area contributed by atoms with Crippen molar-refractivity contribution < 1.29 is 4.79 Å². The molecule has 2 aliphatic rings. The minimum atomic E-state index is -0.136. The van der Waals surface area contributed by atoms with E-state index in [-0.39, 0.29) is 11.8 Å². The summed E-state index contributed by atoms with van der Waals surface area (Å²) in [6, 6.07) is 9.55. The molecule has 2 heterocycles. The minimum Gasteiger partial charge on any atom is -0.369 e. The second-order valence-electron chi connectivity index (χ2n) is 6.15. The Labute approximate surface area is 114 Å². The van der Waals surface area contributed by atoms with Crippen LogP contribution in [0.3, 0.4) is 0 Å². The van der Waals surface area contributed by atoms with Gasteiger partial charge in [0.25, 0.3) is 0 Å². The maximum Gasteiger partial charge on any atom is 0.222 e. The average molecular weight is 258 g/mol. The fourth-order valence-electron chi connectivity index (χ4n) is 4.01. The van der Waals surface area contributed by atoms with Gasteiger partial charge in [-0.05, 0) is 44.7 Å². The van der Waals surface area contributed by atoms with Crippen LogP contribution in [0.1, 0.15) is 36.3 Å². The Bertz CT molecular complexity index is 482. The zero-order valence-corrected chi connectivity index (χ0v) is 11.7. The first-order valence-corrected chi connectivity index (χ1v) is 7.15. The van der Waals surface area contributed by atoms with E-state index >= 15 is 0 Å². The van der Waals surface area contributed by atoms with Gasteiger partial charge in [-0.2, -0.15) is 0 Å². The number of fused-ring (bicyclic) bond motifs is 2. The summed E-state index contributed by atoms with van der Waals surface area (Å²) < 4.78 is 0. The fraction of sp³-hybridized carbons (Fsp3) is 0.562. The number of amides is 1. The maximum atomic E-state index is 11.9. The van der Waals surface area contributed by atoms with Crippen LogP contribution in [0.4, 0.5) is 0 Å². The Morgan fingerprint density at radius 3 is 2.58 bits per heavy atom. The minimum absolute atomic E-state index is 0.0357. The molecule has 2 unspecified atom stereocenters. The number of benzene rings is 1. The first kappa shape index (κ1) is 12.7. The van der Waals surface area contributed by atoms with Crippen LogP contribution < -0.4 is 5.73 Å². The van der Waals surface area contributed by atoms with E-state index in [0.29, 0.717) is 18.0 Å². The highest BCUT2D eigenvalue weighted by molar-refractivity contribution is 5.79. The Morgan fingerprint density at radius 2 is 1.95 bits per heavy atom. The molecule has 1 amide bonds. The van der Waals surface area contributed by atoms with Gasteiger partial charge < -0.3 is 5.73 Å². The number of hydrogen-bond acceptors (Lipinski definition) is 2. The standard InChI is InChI=1S/C16H22N2O/c1-10-3-5-11(6-4-10)13-9-12-7-8-14(18(12)2)15(13)16(17)19/h3-6,12-15H,7-9H2,1-2H3,(H2,17,19)/t12-,13-,14?,15?/m1/s1. The number of nitrogens with zero attached hydrogens (tertiary/aromatic N) is 1. The van der Waals surface area contributed by atoms with Gasteiger partial charge in [0.05, 0.1) is 5.92 Å². The van der Waals surface area contributed by atoms with E-state index < -0.39 is 0 Å². The largest absolute Gasteiger partial charge is 0.369 e. The second kappa shape index (κ2) is 4.64. The van der Waals surface area contributed by atoms with Gasteiger partial charge in [-0.3, -0.25) is 9.69 Å². The van der Waals surface area contributed by atoms with Crippen LogP contribution in [0.15, 0.2) is 24.3 Å². The van der Waals surface area contributed by atoms with Crippen LogP contribution >= 0.6 is 0 Å². The summed E-state index contributed by atoms with van der Waals surface area (Å²) in [5, 5.41) is 0. The first-order chi connectivity index (χ1) is 9.08. The molecule has 0 saturated carbocycles. The third kappa shape index (κ3) is 2.06. The van der Waals surface area contributed by atoms with Gasteiger partial charge in [0.15, 0.2) is 0 Å². The van der Waals surface area contributed by atoms with E-state index in [0.717, 1.165) is 12.8 Å². The third-order valence-corrected chi connectivity index (χ3v) is 5.10. The van der Waals surface area contributed by atoms with Crippen molar-refractivity contribution in [3.8, 4) is 0 Å². The molecule has 3 heteroatoms. The van der Waals surface area contributed by atoms with Crippen molar-refractivity contribution in [1.82, 2.24) is 4.90 Å². The molecule has 2 saturated heterocycles. The molecular formula is C16H22N2O. The van der Waals surface area contributed by atoms with Crippen LogP contribution in [-0.2, 0) is 4.79 Å². The summed E-state index contributed by atoms with van der Waals surface area (Å²) in [4.78, 5) is 14.3. The summed E-state index contributed by atoms with van der Waals surface area (Å²) in [5.74, 6) is 0.126. The molecule has 0 aromatic heterocycles. The topological polar surface area (TPSA) is 46.3 Å². The average Bonchev–Trinajstić information content (AvgIpc) is 2.63. The number of aryl methyl sites for hydroxylation is 1. The normalized spacial score (nSPS) is 34.4. The number of carbonyl (C=O) groups is 1. The van der Waals surface area contributed by atoms with Crippen LogP contribution in [0.5, 0.6) is 0 Å². The smallest absolute Gasteiger partial charge is 0.222 e. The number of piperidine rings is 1. The van der Waals surface area contributed by atoms with Gasteiger partial charge in [0, 0.05) is 12.1 Å². The lowest BCUT2D eigenvalue weighted by Gasteiger charge is -2.41. The van der Waals surface area contributed by atoms with Crippen LogP contribution in [0.25, 0.3) is 0 Å².